The van der Waals surface area contributed by atoms with E-state index in [2.05, 4.69) is 32.2 Å². The Balaban J connectivity index is 2.03. The second-order valence-electron chi connectivity index (χ2n) is 4.11. The normalized spacial score (nSPS) is 15.4. The van der Waals surface area contributed by atoms with E-state index in [9.17, 15) is 0 Å². The lowest BCUT2D eigenvalue weighted by Gasteiger charge is -2.00. The molecule has 1 aliphatic rings. The molecule has 0 bridgehead atoms. The average Bonchev–Trinajstić information content (AvgIpc) is 3.01. The quantitative estimate of drug-likeness (QED) is 0.876. The zero-order valence-corrected chi connectivity index (χ0v) is 10.8. The molecule has 1 aromatic carbocycles. The van der Waals surface area contributed by atoms with Crippen molar-refractivity contribution in [1.29, 1.82) is 0 Å². The van der Waals surface area contributed by atoms with Gasteiger partial charge in [-0.1, -0.05) is 27.5 Å². The average molecular weight is 298 g/mol. The highest BCUT2D eigenvalue weighted by atomic mass is 79.9. The number of rotatable bonds is 2. The van der Waals surface area contributed by atoms with Gasteiger partial charge in [-0.3, -0.25) is 5.10 Å². The Hall–Kier alpha value is -0.800. The minimum atomic E-state index is 0.687. The summed E-state index contributed by atoms with van der Waals surface area (Å²) in [5.41, 5.74) is 3.12. The third-order valence-electron chi connectivity index (χ3n) is 2.82. The molecule has 1 saturated carbocycles. The molecular formula is C12H10BrClN2. The number of hydrogen-bond donors (Lipinski definition) is 1. The first-order valence-electron chi connectivity index (χ1n) is 5.25. The predicted molar refractivity (Wildman–Crippen MR) is 68.7 cm³/mol. The number of H-pyrrole nitrogens is 1. The summed E-state index contributed by atoms with van der Waals surface area (Å²) in [5.74, 6) is 0.687. The van der Waals surface area contributed by atoms with Gasteiger partial charge in [-0.05, 0) is 37.1 Å². The molecule has 0 saturated heterocycles. The Morgan fingerprint density at radius 1 is 1.31 bits per heavy atom. The zero-order valence-electron chi connectivity index (χ0n) is 8.50. The van der Waals surface area contributed by atoms with E-state index in [0.29, 0.717) is 5.92 Å². The molecule has 1 aliphatic carbocycles. The molecule has 1 N–H and O–H groups in total. The highest BCUT2D eigenvalue weighted by Gasteiger charge is 2.25. The fourth-order valence-corrected chi connectivity index (χ4v) is 2.35. The molecule has 0 amide bonds. The second-order valence-corrected chi connectivity index (χ2v) is 5.43. The topological polar surface area (TPSA) is 28.7 Å². The van der Waals surface area contributed by atoms with Gasteiger partial charge < -0.3 is 0 Å². The molecule has 3 rings (SSSR count). The van der Waals surface area contributed by atoms with Crippen LogP contribution in [0.4, 0.5) is 0 Å². The van der Waals surface area contributed by atoms with E-state index in [1.807, 2.05) is 18.2 Å². The van der Waals surface area contributed by atoms with Gasteiger partial charge in [0.1, 0.15) is 0 Å². The van der Waals surface area contributed by atoms with Crippen molar-refractivity contribution in [3.05, 3.63) is 39.5 Å². The molecule has 0 aliphatic heterocycles. The van der Waals surface area contributed by atoms with Crippen LogP contribution in [0.2, 0.25) is 5.02 Å². The van der Waals surface area contributed by atoms with Crippen LogP contribution in [-0.2, 0) is 0 Å². The molecule has 2 aromatic rings. The van der Waals surface area contributed by atoms with E-state index in [4.69, 9.17) is 11.6 Å². The van der Waals surface area contributed by atoms with E-state index in [0.717, 1.165) is 20.8 Å². The lowest BCUT2D eigenvalue weighted by molar-refractivity contribution is 0.967. The number of nitrogens with zero attached hydrogens (tertiary/aromatic N) is 1. The third-order valence-corrected chi connectivity index (χ3v) is 3.64. The van der Waals surface area contributed by atoms with Crippen LogP contribution >= 0.6 is 27.5 Å². The summed E-state index contributed by atoms with van der Waals surface area (Å²) in [6.45, 7) is 0. The van der Waals surface area contributed by atoms with Crippen molar-refractivity contribution in [2.24, 2.45) is 0 Å². The smallest absolute Gasteiger partial charge is 0.0939 e. The van der Waals surface area contributed by atoms with Gasteiger partial charge in [-0.15, -0.1) is 0 Å². The Bertz CT molecular complexity index is 532. The summed E-state index contributed by atoms with van der Waals surface area (Å²) in [7, 11) is 0. The zero-order chi connectivity index (χ0) is 11.1. The molecule has 0 unspecified atom stereocenters. The van der Waals surface area contributed by atoms with Crippen LogP contribution in [0.25, 0.3) is 11.3 Å². The van der Waals surface area contributed by atoms with Crippen molar-refractivity contribution in [2.45, 2.75) is 18.8 Å². The number of hydrogen-bond acceptors (Lipinski definition) is 1. The minimum absolute atomic E-state index is 0.687. The molecule has 0 spiro atoms. The maximum absolute atomic E-state index is 6.16. The largest absolute Gasteiger partial charge is 0.282 e. The van der Waals surface area contributed by atoms with Gasteiger partial charge in [0.15, 0.2) is 0 Å². The van der Waals surface area contributed by atoms with E-state index >= 15 is 0 Å². The SMILES string of the molecule is Clc1ccc(Br)cc1-c1cc(C2CC2)[nH]n1. The Labute approximate surface area is 107 Å². The summed E-state index contributed by atoms with van der Waals surface area (Å²) in [6.07, 6.45) is 2.54. The maximum atomic E-state index is 6.16. The van der Waals surface area contributed by atoms with Crippen molar-refractivity contribution >= 4 is 27.5 Å². The Morgan fingerprint density at radius 3 is 2.88 bits per heavy atom. The van der Waals surface area contributed by atoms with Crippen LogP contribution in [0.15, 0.2) is 28.7 Å². The Morgan fingerprint density at radius 2 is 2.12 bits per heavy atom. The lowest BCUT2D eigenvalue weighted by Crippen LogP contribution is -1.80. The molecule has 4 heteroatoms. The van der Waals surface area contributed by atoms with E-state index in [1.165, 1.54) is 18.5 Å². The third kappa shape index (κ3) is 1.89. The number of nitrogens with one attached hydrogen (secondary N) is 1. The van der Waals surface area contributed by atoms with Crippen molar-refractivity contribution in [2.75, 3.05) is 0 Å². The van der Waals surface area contributed by atoms with Crippen LogP contribution in [0.5, 0.6) is 0 Å². The van der Waals surface area contributed by atoms with Crippen molar-refractivity contribution in [3.63, 3.8) is 0 Å². The van der Waals surface area contributed by atoms with Gasteiger partial charge in [-0.2, -0.15) is 5.10 Å². The highest BCUT2D eigenvalue weighted by molar-refractivity contribution is 9.10. The fraction of sp³-hybridized carbons (Fsp3) is 0.250. The predicted octanol–water partition coefficient (Wildman–Crippen LogP) is 4.37. The molecule has 0 atom stereocenters. The molecule has 1 fully saturated rings. The summed E-state index contributed by atoms with van der Waals surface area (Å²) < 4.78 is 1.02. The van der Waals surface area contributed by atoms with Gasteiger partial charge in [0.25, 0.3) is 0 Å². The second kappa shape index (κ2) is 3.90. The molecule has 82 valence electrons. The van der Waals surface area contributed by atoms with Crippen LogP contribution in [0.3, 0.4) is 0 Å². The van der Waals surface area contributed by atoms with Gasteiger partial charge in [0.05, 0.1) is 10.7 Å². The van der Waals surface area contributed by atoms with Crippen molar-refractivity contribution in [3.8, 4) is 11.3 Å². The highest BCUT2D eigenvalue weighted by Crippen LogP contribution is 2.40. The number of benzene rings is 1. The Kier molecular flexibility index (Phi) is 2.52. The molecule has 2 nitrogen and oxygen atoms in total. The summed E-state index contributed by atoms with van der Waals surface area (Å²) >= 11 is 9.61. The van der Waals surface area contributed by atoms with Crippen molar-refractivity contribution < 1.29 is 0 Å². The molecule has 16 heavy (non-hydrogen) atoms. The van der Waals surface area contributed by atoms with Crippen LogP contribution < -0.4 is 0 Å². The standard InChI is InChI=1S/C12H10BrClN2/c13-8-3-4-10(14)9(5-8)12-6-11(15-16-12)7-1-2-7/h3-7H,1-2H2,(H,15,16). The number of aromatic nitrogens is 2. The number of aromatic amines is 1. The molecule has 1 heterocycles. The van der Waals surface area contributed by atoms with Gasteiger partial charge in [0, 0.05) is 21.6 Å². The molecular weight excluding hydrogens is 288 g/mol. The first-order valence-corrected chi connectivity index (χ1v) is 6.42. The fourth-order valence-electron chi connectivity index (χ4n) is 1.77. The molecule has 0 radical (unpaired) electrons. The first kappa shape index (κ1) is 10.4. The van der Waals surface area contributed by atoms with E-state index in [-0.39, 0.29) is 0 Å². The van der Waals surface area contributed by atoms with E-state index in [1.54, 1.807) is 0 Å². The molecule has 1 aromatic heterocycles. The van der Waals surface area contributed by atoms with Gasteiger partial charge in [-0.25, -0.2) is 0 Å². The summed E-state index contributed by atoms with van der Waals surface area (Å²) in [6, 6.07) is 7.91. The minimum Gasteiger partial charge on any atom is -0.282 e. The van der Waals surface area contributed by atoms with Crippen LogP contribution in [-0.4, -0.2) is 10.2 Å². The maximum Gasteiger partial charge on any atom is 0.0939 e. The first-order chi connectivity index (χ1) is 7.74. The number of halogens is 2. The van der Waals surface area contributed by atoms with Crippen molar-refractivity contribution in [1.82, 2.24) is 10.2 Å². The van der Waals surface area contributed by atoms with Gasteiger partial charge in [0.2, 0.25) is 0 Å². The van der Waals surface area contributed by atoms with Crippen LogP contribution in [0, 0.1) is 0 Å². The van der Waals surface area contributed by atoms with E-state index < -0.39 is 0 Å². The van der Waals surface area contributed by atoms with Gasteiger partial charge >= 0.3 is 0 Å². The lowest BCUT2D eigenvalue weighted by atomic mass is 10.1. The summed E-state index contributed by atoms with van der Waals surface area (Å²) in [4.78, 5) is 0. The monoisotopic (exact) mass is 296 g/mol. The van der Waals surface area contributed by atoms with Crippen LogP contribution in [0.1, 0.15) is 24.5 Å². The summed E-state index contributed by atoms with van der Waals surface area (Å²) in [5, 5.41) is 8.14.